The molecule has 0 spiro atoms. The van der Waals surface area contributed by atoms with Gasteiger partial charge in [0.15, 0.2) is 5.16 Å². The zero-order chi connectivity index (χ0) is 19.6. The highest BCUT2D eigenvalue weighted by atomic mass is 32.2. The summed E-state index contributed by atoms with van der Waals surface area (Å²) in [5.41, 5.74) is 2.67. The maximum Gasteiger partial charge on any atom is 0.251 e. The average molecular weight is 389 g/mol. The Kier molecular flexibility index (Phi) is 8.54. The third-order valence-electron chi connectivity index (χ3n) is 4.06. The van der Waals surface area contributed by atoms with Crippen LogP contribution in [-0.2, 0) is 10.5 Å². The maximum atomic E-state index is 12.2. The Bertz CT molecular complexity index is 751. The number of aromatic nitrogens is 2. The number of hydrogen-bond donors (Lipinski definition) is 1. The molecule has 1 aromatic heterocycles. The predicted molar refractivity (Wildman–Crippen MR) is 111 cm³/mol. The van der Waals surface area contributed by atoms with Gasteiger partial charge in [0, 0.05) is 49.8 Å². The molecule has 2 rings (SSSR count). The van der Waals surface area contributed by atoms with E-state index in [1.807, 2.05) is 37.3 Å². The fourth-order valence-corrected chi connectivity index (χ4v) is 3.46. The Morgan fingerprint density at radius 1 is 1.22 bits per heavy atom. The molecule has 1 aromatic carbocycles. The van der Waals surface area contributed by atoms with Crippen LogP contribution in [0.1, 0.15) is 35.5 Å². The van der Waals surface area contributed by atoms with Gasteiger partial charge in [0.05, 0.1) is 6.61 Å². The second-order valence-electron chi connectivity index (χ2n) is 6.06. The minimum Gasteiger partial charge on any atom is -0.383 e. The van der Waals surface area contributed by atoms with Gasteiger partial charge in [-0.2, -0.15) is 0 Å². The van der Waals surface area contributed by atoms with Gasteiger partial charge in [-0.25, -0.2) is 9.97 Å². The van der Waals surface area contributed by atoms with Gasteiger partial charge in [0.1, 0.15) is 5.82 Å². The first-order valence-electron chi connectivity index (χ1n) is 9.16. The van der Waals surface area contributed by atoms with E-state index >= 15 is 0 Å². The van der Waals surface area contributed by atoms with Crippen molar-refractivity contribution >= 4 is 23.5 Å². The van der Waals surface area contributed by atoms with Crippen LogP contribution in [0.5, 0.6) is 0 Å². The van der Waals surface area contributed by atoms with E-state index in [-0.39, 0.29) is 5.91 Å². The van der Waals surface area contributed by atoms with Crippen molar-refractivity contribution in [3.63, 3.8) is 0 Å². The second-order valence-corrected chi connectivity index (χ2v) is 7.00. The first-order valence-corrected chi connectivity index (χ1v) is 10.1. The van der Waals surface area contributed by atoms with Crippen molar-refractivity contribution in [3.05, 3.63) is 47.2 Å². The summed E-state index contributed by atoms with van der Waals surface area (Å²) in [7, 11) is 1.61. The van der Waals surface area contributed by atoms with E-state index in [0.29, 0.717) is 24.5 Å². The van der Waals surface area contributed by atoms with E-state index in [2.05, 4.69) is 34.0 Å². The number of carbonyl (C=O) groups excluding carboxylic acids is 1. The van der Waals surface area contributed by atoms with E-state index in [1.54, 1.807) is 18.9 Å². The predicted octanol–water partition coefficient (Wildman–Crippen LogP) is 3.30. The van der Waals surface area contributed by atoms with Gasteiger partial charge in [-0.05, 0) is 38.5 Å². The zero-order valence-corrected chi connectivity index (χ0v) is 17.3. The van der Waals surface area contributed by atoms with Crippen LogP contribution in [0.2, 0.25) is 0 Å². The molecule has 0 radical (unpaired) electrons. The Balaban J connectivity index is 2.04. The second kappa shape index (κ2) is 10.9. The molecule has 146 valence electrons. The lowest BCUT2D eigenvalue weighted by Gasteiger charge is -2.20. The highest BCUT2D eigenvalue weighted by molar-refractivity contribution is 7.98. The molecule has 0 unspecified atom stereocenters. The molecule has 1 amide bonds. The number of hydrogen-bond acceptors (Lipinski definition) is 6. The van der Waals surface area contributed by atoms with Gasteiger partial charge in [0.2, 0.25) is 0 Å². The molecule has 0 fully saturated rings. The van der Waals surface area contributed by atoms with Gasteiger partial charge in [-0.3, -0.25) is 4.79 Å². The number of nitrogens with one attached hydrogen (secondary N) is 1. The summed E-state index contributed by atoms with van der Waals surface area (Å²) >= 11 is 1.58. The average Bonchev–Trinajstić information content (AvgIpc) is 2.67. The minimum absolute atomic E-state index is 0.0884. The number of aryl methyl sites for hydroxylation is 1. The Morgan fingerprint density at radius 2 is 2.00 bits per heavy atom. The summed E-state index contributed by atoms with van der Waals surface area (Å²) in [5.74, 6) is 1.58. The summed E-state index contributed by atoms with van der Waals surface area (Å²) in [6.07, 6.45) is 0. The van der Waals surface area contributed by atoms with Crippen LogP contribution in [0.15, 0.2) is 35.5 Å². The molecular weight excluding hydrogens is 360 g/mol. The van der Waals surface area contributed by atoms with Crippen molar-refractivity contribution in [3.8, 4) is 0 Å². The van der Waals surface area contributed by atoms with E-state index in [1.165, 1.54) is 0 Å². The Hall–Kier alpha value is -2.12. The fourth-order valence-electron chi connectivity index (χ4n) is 2.62. The van der Waals surface area contributed by atoms with Crippen molar-refractivity contribution in [1.82, 2.24) is 15.3 Å². The van der Waals surface area contributed by atoms with Crippen LogP contribution in [0.3, 0.4) is 0 Å². The number of amides is 1. The van der Waals surface area contributed by atoms with Gasteiger partial charge in [0.25, 0.3) is 5.91 Å². The summed E-state index contributed by atoms with van der Waals surface area (Å²) in [5, 5.41) is 3.60. The highest BCUT2D eigenvalue weighted by Gasteiger charge is 2.10. The molecule has 0 saturated carbocycles. The summed E-state index contributed by atoms with van der Waals surface area (Å²) in [6.45, 7) is 9.06. The van der Waals surface area contributed by atoms with Crippen molar-refractivity contribution in [1.29, 1.82) is 0 Å². The monoisotopic (exact) mass is 388 g/mol. The smallest absolute Gasteiger partial charge is 0.251 e. The number of rotatable bonds is 10. The SMILES string of the molecule is CCN(CC)c1cc(C)nc(SCc2cccc(C(=O)NCCOC)c2)n1. The molecule has 2 aromatic rings. The topological polar surface area (TPSA) is 67.4 Å². The van der Waals surface area contributed by atoms with E-state index in [0.717, 1.165) is 35.3 Å². The van der Waals surface area contributed by atoms with Crippen LogP contribution in [0, 0.1) is 6.92 Å². The summed E-state index contributed by atoms with van der Waals surface area (Å²) in [6, 6.07) is 9.66. The largest absolute Gasteiger partial charge is 0.383 e. The molecule has 27 heavy (non-hydrogen) atoms. The Labute approximate surface area is 165 Å². The van der Waals surface area contributed by atoms with E-state index in [4.69, 9.17) is 4.74 Å². The lowest BCUT2D eigenvalue weighted by Crippen LogP contribution is -2.26. The molecule has 0 aliphatic heterocycles. The highest BCUT2D eigenvalue weighted by Crippen LogP contribution is 2.23. The van der Waals surface area contributed by atoms with Crippen molar-refractivity contribution in [2.45, 2.75) is 31.7 Å². The molecule has 1 heterocycles. The molecule has 6 nitrogen and oxygen atoms in total. The number of benzene rings is 1. The number of methoxy groups -OCH3 is 1. The molecule has 0 aliphatic carbocycles. The lowest BCUT2D eigenvalue weighted by atomic mass is 10.1. The summed E-state index contributed by atoms with van der Waals surface area (Å²) < 4.78 is 4.96. The van der Waals surface area contributed by atoms with Crippen LogP contribution < -0.4 is 10.2 Å². The van der Waals surface area contributed by atoms with Gasteiger partial charge >= 0.3 is 0 Å². The van der Waals surface area contributed by atoms with Crippen LogP contribution >= 0.6 is 11.8 Å². The first kappa shape index (κ1) is 21.2. The molecular formula is C20H28N4O2S. The maximum absolute atomic E-state index is 12.2. The molecule has 0 atom stereocenters. The third-order valence-corrected chi connectivity index (χ3v) is 4.97. The molecule has 1 N–H and O–H groups in total. The number of carbonyl (C=O) groups is 1. The van der Waals surface area contributed by atoms with E-state index in [9.17, 15) is 4.79 Å². The number of thioether (sulfide) groups is 1. The molecule has 7 heteroatoms. The van der Waals surface area contributed by atoms with Gasteiger partial charge < -0.3 is 15.0 Å². The van der Waals surface area contributed by atoms with Gasteiger partial charge in [-0.1, -0.05) is 23.9 Å². The quantitative estimate of drug-likeness (QED) is 0.383. The van der Waals surface area contributed by atoms with E-state index < -0.39 is 0 Å². The summed E-state index contributed by atoms with van der Waals surface area (Å²) in [4.78, 5) is 23.6. The van der Waals surface area contributed by atoms with Crippen LogP contribution in [0.4, 0.5) is 5.82 Å². The first-order chi connectivity index (χ1) is 13.1. The van der Waals surface area contributed by atoms with Crippen molar-refractivity contribution < 1.29 is 9.53 Å². The molecule has 0 saturated heterocycles. The normalized spacial score (nSPS) is 10.7. The molecule has 0 bridgehead atoms. The van der Waals surface area contributed by atoms with Gasteiger partial charge in [-0.15, -0.1) is 0 Å². The standard InChI is InChI=1S/C20H28N4O2S/c1-5-24(6-2)18-12-15(3)22-20(23-18)27-14-16-8-7-9-17(13-16)19(25)21-10-11-26-4/h7-9,12-13H,5-6,10-11,14H2,1-4H3,(H,21,25). The number of nitrogens with zero attached hydrogens (tertiary/aromatic N) is 3. The molecule has 0 aliphatic rings. The lowest BCUT2D eigenvalue weighted by molar-refractivity contribution is 0.0937. The van der Waals surface area contributed by atoms with Crippen molar-refractivity contribution in [2.24, 2.45) is 0 Å². The zero-order valence-electron chi connectivity index (χ0n) is 16.5. The van der Waals surface area contributed by atoms with Crippen molar-refractivity contribution in [2.75, 3.05) is 38.3 Å². The minimum atomic E-state index is -0.0884. The fraction of sp³-hybridized carbons (Fsp3) is 0.450. The van der Waals surface area contributed by atoms with Crippen LogP contribution in [0.25, 0.3) is 0 Å². The number of anilines is 1. The third kappa shape index (κ3) is 6.52. The Morgan fingerprint density at radius 3 is 2.70 bits per heavy atom. The number of ether oxygens (including phenoxy) is 1. The van der Waals surface area contributed by atoms with Crippen LogP contribution in [-0.4, -0.2) is 49.2 Å².